The molecule has 2 fully saturated rings. The molecular formula is C67H99N19O13S4. The fourth-order valence-corrected chi connectivity index (χ4v) is 15.3. The minimum absolute atomic E-state index is 0.0158. The summed E-state index contributed by atoms with van der Waals surface area (Å²) in [4.78, 5) is 185. The Kier molecular flexibility index (Phi) is 35.5. The van der Waals surface area contributed by atoms with Gasteiger partial charge in [0.1, 0.15) is 72.2 Å². The molecule has 0 saturated carbocycles. The molecular weight excluding hydrogens is 1410 g/mol. The van der Waals surface area contributed by atoms with Gasteiger partial charge in [-0.1, -0.05) is 158 Å². The topological polar surface area (TPSA) is 538 Å². The maximum absolute atomic E-state index is 15.2. The number of benzene rings is 3. The number of nitrogens with zero attached hydrogens (tertiary/aromatic N) is 2. The van der Waals surface area contributed by atoms with Gasteiger partial charge in [0.15, 0.2) is 11.9 Å². The van der Waals surface area contributed by atoms with E-state index in [0.717, 1.165) is 43.2 Å². The van der Waals surface area contributed by atoms with Crippen molar-refractivity contribution in [2.45, 2.75) is 165 Å². The van der Waals surface area contributed by atoms with Crippen LogP contribution in [0.15, 0.2) is 94.9 Å². The lowest BCUT2D eigenvalue weighted by atomic mass is 10.0. The van der Waals surface area contributed by atoms with E-state index in [-0.39, 0.29) is 111 Å². The van der Waals surface area contributed by atoms with Crippen LogP contribution in [0.2, 0.25) is 0 Å². The zero-order chi connectivity index (χ0) is 75.9. The Labute approximate surface area is 614 Å². The molecule has 103 heavy (non-hydrogen) atoms. The van der Waals surface area contributed by atoms with Crippen molar-refractivity contribution < 1.29 is 62.6 Å². The monoisotopic (exact) mass is 1510 g/mol. The standard InChI is InChI=1S/C67H99N19O13S4/c1-35(2)27-42(68)55(89)81-48-31-100-103-34-51(63(97)85-52(36(3)4)54(69)88)84-65(99)53(37(5)6)86-64(98)50-33-102-101-32-49(82-60(94)47(80-62(48)96)30-40-21-23-41(87)24-22-40)61(95)77-43(19-13-25-74-66(70)71)56(90)76-44(20-14-26-75-67(72)73)57(91)78-45(28-38-15-9-7-10-16-38)58(92)79-46(59(93)83-50)29-39-17-11-8-12-18-39/h7-12,15-18,21-24,35-37,42-53,87H,13-14,19-20,25-34,68H2,1-6H3,(H2,69,88)(H,76,90)(H,77,95)(H,78,91)(H,79,92)(H,80,96)(H,81,89)(H,82,94)(H,83,93)(H,84,99)(H,85,97)(H,86,98)(H4,70,71,74)(H4,72,73,75)/t42-,43-,44-,45-,46-,47-,48-,49-,50-,51-,52-,53-/m0/s1. The van der Waals surface area contributed by atoms with E-state index < -0.39 is 155 Å². The zero-order valence-corrected chi connectivity index (χ0v) is 61.7. The van der Waals surface area contributed by atoms with Crippen molar-refractivity contribution in [3.8, 4) is 5.75 Å². The molecule has 2 bridgehead atoms. The molecule has 0 aliphatic carbocycles. The summed E-state index contributed by atoms with van der Waals surface area (Å²) in [6.45, 7) is 10.1. The second-order valence-electron chi connectivity index (χ2n) is 25.9. The number of phenols is 1. The molecule has 2 heterocycles. The van der Waals surface area contributed by atoms with E-state index in [0.29, 0.717) is 16.7 Å². The number of carbonyl (C=O) groups excluding carboxylic acids is 12. The van der Waals surface area contributed by atoms with Gasteiger partial charge in [0.25, 0.3) is 0 Å². The second-order valence-corrected chi connectivity index (χ2v) is 31.0. The fraction of sp³-hybridized carbons (Fsp3) is 0.522. The molecule has 564 valence electrons. The van der Waals surface area contributed by atoms with Crippen molar-refractivity contribution in [3.05, 3.63) is 102 Å². The number of hydrogen-bond acceptors (Lipinski definition) is 20. The van der Waals surface area contributed by atoms with Gasteiger partial charge in [-0.2, -0.15) is 0 Å². The Balaban J connectivity index is 1.76. The van der Waals surface area contributed by atoms with E-state index in [2.05, 4.69) is 68.5 Å². The van der Waals surface area contributed by atoms with Crippen LogP contribution in [0.5, 0.6) is 5.75 Å². The van der Waals surface area contributed by atoms with Crippen LogP contribution in [0, 0.1) is 17.8 Å². The van der Waals surface area contributed by atoms with Gasteiger partial charge in [-0.25, -0.2) is 0 Å². The number of primary amides is 1. The van der Waals surface area contributed by atoms with Gasteiger partial charge in [0.2, 0.25) is 70.9 Å². The van der Waals surface area contributed by atoms with Crippen LogP contribution in [-0.4, -0.2) is 197 Å². The van der Waals surface area contributed by atoms with E-state index in [1.807, 2.05) is 13.8 Å². The molecule has 32 nitrogen and oxygen atoms in total. The second kappa shape index (κ2) is 43.2. The number of carbonyl (C=O) groups is 12. The summed E-state index contributed by atoms with van der Waals surface area (Å²) in [6.07, 6.45) is -0.612. The summed E-state index contributed by atoms with van der Waals surface area (Å²) in [5.74, 6) is -13.9. The van der Waals surface area contributed by atoms with Crippen LogP contribution in [-0.2, 0) is 76.8 Å². The molecule has 2 aliphatic rings. The number of guanidine groups is 2. The smallest absolute Gasteiger partial charge is 0.244 e. The van der Waals surface area contributed by atoms with E-state index >= 15 is 24.0 Å². The van der Waals surface area contributed by atoms with Crippen molar-refractivity contribution in [3.63, 3.8) is 0 Å². The summed E-state index contributed by atoms with van der Waals surface area (Å²) in [5.41, 5.74) is 36.2. The van der Waals surface area contributed by atoms with Crippen LogP contribution in [0.1, 0.15) is 90.3 Å². The van der Waals surface area contributed by atoms with E-state index in [1.165, 1.54) is 24.3 Å². The van der Waals surface area contributed by atoms with Gasteiger partial charge in [-0.05, 0) is 78.7 Å². The number of aliphatic imine (C=N–C) groups is 2. The number of nitrogens with two attached hydrogens (primary N) is 6. The summed E-state index contributed by atoms with van der Waals surface area (Å²) in [6, 6.07) is 5.33. The molecule has 0 unspecified atom stereocenters. The predicted molar refractivity (Wildman–Crippen MR) is 399 cm³/mol. The molecule has 2 saturated heterocycles. The highest BCUT2D eigenvalue weighted by molar-refractivity contribution is 8.77. The normalized spacial score (nSPS) is 23.4. The predicted octanol–water partition coefficient (Wildman–Crippen LogP) is -2.18. The van der Waals surface area contributed by atoms with Crippen molar-refractivity contribution in [1.29, 1.82) is 0 Å². The molecule has 0 aromatic heterocycles. The van der Waals surface area contributed by atoms with Gasteiger partial charge >= 0.3 is 0 Å². The first kappa shape index (κ1) is 84.7. The Bertz CT molecular complexity index is 3430. The number of hydrogen-bond donors (Lipinski definition) is 18. The third-order valence-electron chi connectivity index (χ3n) is 16.2. The van der Waals surface area contributed by atoms with Crippen molar-refractivity contribution in [2.75, 3.05) is 36.1 Å². The molecule has 2 aliphatic heterocycles. The fourth-order valence-electron chi connectivity index (χ4n) is 10.6. The molecule has 36 heteroatoms. The number of aromatic hydroxyl groups is 1. The average molecular weight is 1510 g/mol. The number of amides is 12. The highest BCUT2D eigenvalue weighted by Crippen LogP contribution is 2.26. The molecule has 3 aromatic carbocycles. The maximum Gasteiger partial charge on any atom is 0.244 e. The van der Waals surface area contributed by atoms with Gasteiger partial charge in [-0.3, -0.25) is 67.5 Å². The molecule has 24 N–H and O–H groups in total. The largest absolute Gasteiger partial charge is 0.508 e. The van der Waals surface area contributed by atoms with E-state index in [4.69, 9.17) is 34.4 Å². The minimum Gasteiger partial charge on any atom is -0.508 e. The lowest BCUT2D eigenvalue weighted by Crippen LogP contribution is -2.62. The molecule has 5 rings (SSSR count). The first-order valence-corrected chi connectivity index (χ1v) is 38.7. The van der Waals surface area contributed by atoms with Crippen LogP contribution in [0.25, 0.3) is 0 Å². The number of phenolic OH excluding ortho intramolecular Hbond substituents is 1. The molecule has 12 amide bonds. The minimum atomic E-state index is -1.64. The number of fused-ring (bicyclic) bond motifs is 5. The molecule has 12 atom stereocenters. The highest BCUT2D eigenvalue weighted by Gasteiger charge is 2.39. The summed E-state index contributed by atoms with van der Waals surface area (Å²) >= 11 is 0. The lowest BCUT2D eigenvalue weighted by molar-refractivity contribution is -0.136. The summed E-state index contributed by atoms with van der Waals surface area (Å²) in [7, 11) is 3.78. The van der Waals surface area contributed by atoms with Crippen LogP contribution < -0.4 is 92.9 Å². The van der Waals surface area contributed by atoms with Crippen LogP contribution in [0.3, 0.4) is 0 Å². The SMILES string of the molecule is CC(C)C[C@H](N)C(=O)N[C@H]1CSSC[C@@H](C(=O)N[C@H](C(N)=O)C(C)C)NC(=O)[C@H](C(C)C)NC(=O)[C@@H]2CSSC[C@H](NC(=O)[C@H](Cc3ccc(O)cc3)NC1=O)C(=O)N[C@@H](CCCN=C(N)N)C(=O)N[C@@H](CCCN=C(N)N)C(=O)N[C@@H](Cc1ccccc1)C(=O)N[C@@H](Cc1ccccc1)C(=O)N2. The molecule has 3 aromatic rings. The summed E-state index contributed by atoms with van der Waals surface area (Å²) < 4.78 is 0. The summed E-state index contributed by atoms with van der Waals surface area (Å²) in [5, 5.41) is 40.4. The first-order valence-electron chi connectivity index (χ1n) is 33.7. The van der Waals surface area contributed by atoms with Crippen LogP contribution >= 0.6 is 43.2 Å². The lowest BCUT2D eigenvalue weighted by Gasteiger charge is -2.30. The Morgan fingerprint density at radius 3 is 1.35 bits per heavy atom. The van der Waals surface area contributed by atoms with Gasteiger partial charge in [0.05, 0.1) is 6.04 Å². The number of rotatable bonds is 23. The first-order chi connectivity index (χ1) is 48.9. The van der Waals surface area contributed by atoms with Gasteiger partial charge in [-0.15, -0.1) is 0 Å². The highest BCUT2D eigenvalue weighted by atomic mass is 33.1. The van der Waals surface area contributed by atoms with Crippen LogP contribution in [0.4, 0.5) is 0 Å². The Morgan fingerprint density at radius 2 is 0.903 bits per heavy atom. The zero-order valence-electron chi connectivity index (χ0n) is 58.5. The molecule has 0 radical (unpaired) electrons. The van der Waals surface area contributed by atoms with Crippen molar-refractivity contribution in [2.24, 2.45) is 62.1 Å². The maximum atomic E-state index is 15.2. The van der Waals surface area contributed by atoms with Crippen molar-refractivity contribution >= 4 is 126 Å². The van der Waals surface area contributed by atoms with E-state index in [9.17, 15) is 38.7 Å². The van der Waals surface area contributed by atoms with Gasteiger partial charge in [0, 0.05) is 55.4 Å². The third-order valence-corrected chi connectivity index (χ3v) is 21.1. The Morgan fingerprint density at radius 1 is 0.495 bits per heavy atom. The quantitative estimate of drug-likeness (QED) is 0.0208. The Hall–Kier alpha value is -9.00. The average Bonchev–Trinajstić information content (AvgIpc) is 0.848. The van der Waals surface area contributed by atoms with Gasteiger partial charge < -0.3 is 98.0 Å². The van der Waals surface area contributed by atoms with E-state index in [1.54, 1.807) is 88.4 Å². The third kappa shape index (κ3) is 29.7. The molecule has 0 spiro atoms. The van der Waals surface area contributed by atoms with Crippen molar-refractivity contribution in [1.82, 2.24) is 58.5 Å². The number of nitrogens with one attached hydrogen (secondary N) is 11.